The predicted octanol–water partition coefficient (Wildman–Crippen LogP) is 1.25. The number of nitrogens with zero attached hydrogens (tertiary/aromatic N) is 2. The van der Waals surface area contributed by atoms with Crippen LogP contribution in [0.4, 0.5) is 0 Å². The second-order valence-electron chi connectivity index (χ2n) is 3.42. The molecule has 0 aliphatic carbocycles. The molecule has 2 rings (SSSR count). The lowest BCUT2D eigenvalue weighted by Gasteiger charge is -2.00. The molecule has 15 heavy (non-hydrogen) atoms. The molecule has 4 nitrogen and oxygen atoms in total. The molecule has 0 aliphatic heterocycles. The maximum Gasteiger partial charge on any atom is 0.116 e. The summed E-state index contributed by atoms with van der Waals surface area (Å²) < 4.78 is 1.72. The molecule has 0 fully saturated rings. The van der Waals surface area contributed by atoms with Crippen molar-refractivity contribution >= 4 is 0 Å². The summed E-state index contributed by atoms with van der Waals surface area (Å²) in [6.07, 6.45) is 1.90. The van der Waals surface area contributed by atoms with Gasteiger partial charge in [-0.2, -0.15) is 5.10 Å². The summed E-state index contributed by atoms with van der Waals surface area (Å²) in [6, 6.07) is 7.08. The first-order chi connectivity index (χ1) is 7.20. The van der Waals surface area contributed by atoms with Gasteiger partial charge in [-0.3, -0.25) is 4.68 Å². The van der Waals surface area contributed by atoms with Crippen LogP contribution in [0.1, 0.15) is 5.69 Å². The minimum absolute atomic E-state index is 0.249. The van der Waals surface area contributed by atoms with Gasteiger partial charge in [0, 0.05) is 25.4 Å². The zero-order valence-electron chi connectivity index (χ0n) is 8.51. The average Bonchev–Trinajstić information content (AvgIpc) is 2.59. The van der Waals surface area contributed by atoms with Gasteiger partial charge >= 0.3 is 0 Å². The molecule has 0 amide bonds. The van der Waals surface area contributed by atoms with Crippen molar-refractivity contribution in [2.24, 2.45) is 12.8 Å². The Bertz CT molecular complexity index is 476. The third-order valence-corrected chi connectivity index (χ3v) is 2.26. The van der Waals surface area contributed by atoms with Gasteiger partial charge in [0.1, 0.15) is 5.75 Å². The van der Waals surface area contributed by atoms with Crippen molar-refractivity contribution in [3.63, 3.8) is 0 Å². The summed E-state index contributed by atoms with van der Waals surface area (Å²) in [5.74, 6) is 0.249. The van der Waals surface area contributed by atoms with Crippen LogP contribution in [0.5, 0.6) is 5.75 Å². The first-order valence-electron chi connectivity index (χ1n) is 4.72. The van der Waals surface area contributed by atoms with E-state index in [4.69, 9.17) is 5.73 Å². The van der Waals surface area contributed by atoms with Gasteiger partial charge in [0.05, 0.1) is 5.69 Å². The van der Waals surface area contributed by atoms with E-state index in [9.17, 15) is 5.11 Å². The average molecular weight is 203 g/mol. The lowest BCUT2D eigenvalue weighted by Crippen LogP contribution is -1.99. The van der Waals surface area contributed by atoms with E-state index in [2.05, 4.69) is 5.10 Å². The summed E-state index contributed by atoms with van der Waals surface area (Å²) >= 11 is 0. The molecule has 78 valence electrons. The third kappa shape index (κ3) is 1.85. The third-order valence-electron chi connectivity index (χ3n) is 2.26. The van der Waals surface area contributed by atoms with E-state index < -0.39 is 0 Å². The summed E-state index contributed by atoms with van der Waals surface area (Å²) in [5.41, 5.74) is 8.34. The molecule has 1 aromatic heterocycles. The van der Waals surface area contributed by atoms with Crippen LogP contribution in [0.2, 0.25) is 0 Å². The van der Waals surface area contributed by atoms with Gasteiger partial charge in [-0.1, -0.05) is 12.1 Å². The Labute approximate surface area is 88.0 Å². The highest BCUT2D eigenvalue weighted by atomic mass is 16.3. The van der Waals surface area contributed by atoms with Gasteiger partial charge in [-0.05, 0) is 17.7 Å². The first kappa shape index (κ1) is 9.73. The van der Waals surface area contributed by atoms with Crippen LogP contribution in [-0.4, -0.2) is 14.9 Å². The maximum absolute atomic E-state index is 9.39. The van der Waals surface area contributed by atoms with Crippen molar-refractivity contribution in [2.45, 2.75) is 6.54 Å². The number of phenols is 1. The van der Waals surface area contributed by atoms with Crippen LogP contribution in [-0.2, 0) is 13.6 Å². The van der Waals surface area contributed by atoms with Gasteiger partial charge in [0.25, 0.3) is 0 Å². The molecule has 3 N–H and O–H groups in total. The molecular weight excluding hydrogens is 190 g/mol. The number of hydrogen-bond acceptors (Lipinski definition) is 3. The van der Waals surface area contributed by atoms with Crippen molar-refractivity contribution < 1.29 is 5.11 Å². The fraction of sp³-hybridized carbons (Fsp3) is 0.182. The molecule has 0 radical (unpaired) electrons. The van der Waals surface area contributed by atoms with Crippen molar-refractivity contribution in [2.75, 3.05) is 0 Å². The largest absolute Gasteiger partial charge is 0.508 e. The van der Waals surface area contributed by atoms with Crippen molar-refractivity contribution in [3.05, 3.63) is 36.2 Å². The molecule has 2 aromatic rings. The van der Waals surface area contributed by atoms with Crippen LogP contribution in [0, 0.1) is 0 Å². The summed E-state index contributed by atoms with van der Waals surface area (Å²) in [7, 11) is 1.85. The number of aryl methyl sites for hydroxylation is 1. The molecule has 0 aliphatic rings. The maximum atomic E-state index is 9.39. The van der Waals surface area contributed by atoms with Gasteiger partial charge < -0.3 is 10.8 Å². The normalized spacial score (nSPS) is 10.5. The van der Waals surface area contributed by atoms with E-state index in [0.717, 1.165) is 16.8 Å². The van der Waals surface area contributed by atoms with Gasteiger partial charge in [-0.15, -0.1) is 0 Å². The Morgan fingerprint density at radius 2 is 2.27 bits per heavy atom. The quantitative estimate of drug-likeness (QED) is 0.772. The van der Waals surface area contributed by atoms with E-state index in [1.165, 1.54) is 0 Å². The first-order valence-corrected chi connectivity index (χ1v) is 4.72. The highest BCUT2D eigenvalue weighted by Crippen LogP contribution is 2.25. The molecule has 4 heteroatoms. The number of nitrogens with two attached hydrogens (primary N) is 1. The molecule has 0 saturated carbocycles. The molecule has 0 atom stereocenters. The molecule has 1 heterocycles. The standard InChI is InChI=1S/C11H13N3O/c1-14-7-10(11(6-12)13-14)8-3-2-4-9(15)5-8/h2-5,7,15H,6,12H2,1H3. The Kier molecular flexibility index (Phi) is 2.43. The highest BCUT2D eigenvalue weighted by molar-refractivity contribution is 5.66. The van der Waals surface area contributed by atoms with E-state index in [1.807, 2.05) is 19.3 Å². The number of benzene rings is 1. The number of aromatic nitrogens is 2. The van der Waals surface area contributed by atoms with Crippen LogP contribution >= 0.6 is 0 Å². The Balaban J connectivity index is 2.53. The summed E-state index contributed by atoms with van der Waals surface area (Å²) in [4.78, 5) is 0. The molecule has 0 bridgehead atoms. The second-order valence-corrected chi connectivity index (χ2v) is 3.42. The van der Waals surface area contributed by atoms with Gasteiger partial charge in [0.2, 0.25) is 0 Å². The SMILES string of the molecule is Cn1cc(-c2cccc(O)c2)c(CN)n1. The topological polar surface area (TPSA) is 64.1 Å². The highest BCUT2D eigenvalue weighted by Gasteiger charge is 2.08. The van der Waals surface area contributed by atoms with Crippen LogP contribution < -0.4 is 5.73 Å². The second kappa shape index (κ2) is 3.74. The van der Waals surface area contributed by atoms with E-state index >= 15 is 0 Å². The molecule has 0 unspecified atom stereocenters. The smallest absolute Gasteiger partial charge is 0.116 e. The van der Waals surface area contributed by atoms with Crippen molar-refractivity contribution in [1.29, 1.82) is 0 Å². The number of phenolic OH excluding ortho intramolecular Hbond substituents is 1. The Hall–Kier alpha value is -1.81. The van der Waals surface area contributed by atoms with Crippen molar-refractivity contribution in [3.8, 4) is 16.9 Å². The Morgan fingerprint density at radius 1 is 1.47 bits per heavy atom. The summed E-state index contributed by atoms with van der Waals surface area (Å²) in [5, 5.41) is 13.6. The monoisotopic (exact) mass is 203 g/mol. The molecule has 0 saturated heterocycles. The van der Waals surface area contributed by atoms with Crippen LogP contribution in [0.25, 0.3) is 11.1 Å². The molecular formula is C11H13N3O. The lowest BCUT2D eigenvalue weighted by atomic mass is 10.1. The summed E-state index contributed by atoms with van der Waals surface area (Å²) in [6.45, 7) is 0.395. The minimum atomic E-state index is 0.249. The van der Waals surface area contributed by atoms with Crippen molar-refractivity contribution in [1.82, 2.24) is 9.78 Å². The van der Waals surface area contributed by atoms with Gasteiger partial charge in [-0.25, -0.2) is 0 Å². The zero-order chi connectivity index (χ0) is 10.8. The Morgan fingerprint density at radius 3 is 2.93 bits per heavy atom. The molecule has 0 spiro atoms. The van der Waals surface area contributed by atoms with E-state index in [-0.39, 0.29) is 5.75 Å². The molecule has 1 aromatic carbocycles. The predicted molar refractivity (Wildman–Crippen MR) is 58.2 cm³/mol. The lowest BCUT2D eigenvalue weighted by molar-refractivity contribution is 0.475. The van der Waals surface area contributed by atoms with E-state index in [1.54, 1.807) is 22.9 Å². The number of rotatable bonds is 2. The fourth-order valence-electron chi connectivity index (χ4n) is 1.60. The van der Waals surface area contributed by atoms with Crippen LogP contribution in [0.15, 0.2) is 30.5 Å². The fourth-order valence-corrected chi connectivity index (χ4v) is 1.60. The number of aromatic hydroxyl groups is 1. The van der Waals surface area contributed by atoms with Crippen LogP contribution in [0.3, 0.4) is 0 Å². The van der Waals surface area contributed by atoms with Gasteiger partial charge in [0.15, 0.2) is 0 Å². The van der Waals surface area contributed by atoms with E-state index in [0.29, 0.717) is 6.54 Å². The minimum Gasteiger partial charge on any atom is -0.508 e. The number of hydrogen-bond donors (Lipinski definition) is 2. The zero-order valence-corrected chi connectivity index (χ0v) is 8.51.